The molecule has 0 bridgehead atoms. The van der Waals surface area contributed by atoms with Crippen molar-refractivity contribution in [3.05, 3.63) is 69.3 Å². The SMILES string of the molecule is CCCCCC1CCC(=O)N1CCNC(=O)C(Cc1ccc(O)c([N+](=O)[O-])c1)N1C(=O)c2ccccc2C1=O. The van der Waals surface area contributed by atoms with Gasteiger partial charge < -0.3 is 15.3 Å². The Morgan fingerprint density at radius 1 is 1.13 bits per heavy atom. The standard InChI is InChI=1S/C28H32N4O7/c1-2-3-4-7-19-11-13-25(34)30(19)15-14-29-26(35)23(17-18-10-12-24(33)22(16-18)32(38)39)31-27(36)20-8-5-6-9-21(20)28(31)37/h5-6,8-10,12,16,19,23,33H,2-4,7,11,13-15,17H2,1H3,(H,29,35). The van der Waals surface area contributed by atoms with Gasteiger partial charge in [0.25, 0.3) is 11.8 Å². The summed E-state index contributed by atoms with van der Waals surface area (Å²) >= 11 is 0. The number of imide groups is 1. The van der Waals surface area contributed by atoms with Crippen molar-refractivity contribution in [2.24, 2.45) is 0 Å². The summed E-state index contributed by atoms with van der Waals surface area (Å²) in [6.07, 6.45) is 5.17. The number of nitro benzene ring substituents is 1. The third kappa shape index (κ3) is 5.92. The Balaban J connectivity index is 1.52. The Labute approximate surface area is 225 Å². The molecule has 4 amide bonds. The lowest BCUT2D eigenvalue weighted by atomic mass is 10.0. The van der Waals surface area contributed by atoms with Crippen molar-refractivity contribution in [3.63, 3.8) is 0 Å². The highest BCUT2D eigenvalue weighted by Crippen LogP contribution is 2.30. The van der Waals surface area contributed by atoms with Crippen molar-refractivity contribution in [1.82, 2.24) is 15.1 Å². The highest BCUT2D eigenvalue weighted by atomic mass is 16.6. The van der Waals surface area contributed by atoms with E-state index in [1.807, 2.05) is 0 Å². The van der Waals surface area contributed by atoms with Crippen molar-refractivity contribution < 1.29 is 29.2 Å². The lowest BCUT2D eigenvalue weighted by molar-refractivity contribution is -0.385. The molecule has 2 unspecified atom stereocenters. The largest absolute Gasteiger partial charge is 0.502 e. The van der Waals surface area contributed by atoms with E-state index < -0.39 is 40.1 Å². The molecule has 2 aliphatic heterocycles. The van der Waals surface area contributed by atoms with Gasteiger partial charge in [-0.25, -0.2) is 0 Å². The van der Waals surface area contributed by atoms with Crippen LogP contribution in [0.4, 0.5) is 5.69 Å². The molecular weight excluding hydrogens is 504 g/mol. The van der Waals surface area contributed by atoms with Gasteiger partial charge in [0.05, 0.1) is 16.1 Å². The van der Waals surface area contributed by atoms with Crippen LogP contribution in [0.2, 0.25) is 0 Å². The Bertz CT molecular complexity index is 1260. The van der Waals surface area contributed by atoms with Crippen LogP contribution < -0.4 is 5.32 Å². The van der Waals surface area contributed by atoms with Crippen LogP contribution in [0.15, 0.2) is 42.5 Å². The minimum absolute atomic E-state index is 0.0408. The van der Waals surface area contributed by atoms with Crippen LogP contribution in [-0.4, -0.2) is 68.6 Å². The number of phenols is 1. The number of carbonyl (C=O) groups excluding carboxylic acids is 4. The lowest BCUT2D eigenvalue weighted by Crippen LogP contribution is -2.52. The molecule has 0 spiro atoms. The fraction of sp³-hybridized carbons (Fsp3) is 0.429. The van der Waals surface area contributed by atoms with Crippen molar-refractivity contribution in [3.8, 4) is 5.75 Å². The topological polar surface area (TPSA) is 150 Å². The number of hydrogen-bond acceptors (Lipinski definition) is 7. The first-order chi connectivity index (χ1) is 18.7. The fourth-order valence-electron chi connectivity index (χ4n) is 5.31. The fourth-order valence-corrected chi connectivity index (χ4v) is 5.31. The molecule has 11 nitrogen and oxygen atoms in total. The number of aromatic hydroxyl groups is 1. The van der Waals surface area contributed by atoms with Crippen LogP contribution in [0.5, 0.6) is 5.75 Å². The van der Waals surface area contributed by atoms with Gasteiger partial charge in [-0.1, -0.05) is 44.4 Å². The van der Waals surface area contributed by atoms with E-state index in [1.165, 1.54) is 18.2 Å². The summed E-state index contributed by atoms with van der Waals surface area (Å²) < 4.78 is 0. The van der Waals surface area contributed by atoms with Gasteiger partial charge in [0.1, 0.15) is 6.04 Å². The van der Waals surface area contributed by atoms with Crippen LogP contribution >= 0.6 is 0 Å². The van der Waals surface area contributed by atoms with Crippen LogP contribution in [0.25, 0.3) is 0 Å². The van der Waals surface area contributed by atoms with Gasteiger partial charge >= 0.3 is 5.69 Å². The third-order valence-electron chi connectivity index (χ3n) is 7.35. The highest BCUT2D eigenvalue weighted by molar-refractivity contribution is 6.22. The van der Waals surface area contributed by atoms with E-state index >= 15 is 0 Å². The maximum atomic E-state index is 13.5. The Morgan fingerprint density at radius 2 is 1.82 bits per heavy atom. The van der Waals surface area contributed by atoms with Gasteiger partial charge in [-0.3, -0.25) is 34.2 Å². The Morgan fingerprint density at radius 3 is 2.46 bits per heavy atom. The van der Waals surface area contributed by atoms with Crippen molar-refractivity contribution in [1.29, 1.82) is 0 Å². The minimum Gasteiger partial charge on any atom is -0.502 e. The number of phenolic OH excluding ortho intramolecular Hbond substituents is 1. The van der Waals surface area contributed by atoms with Gasteiger partial charge in [0.15, 0.2) is 5.75 Å². The molecule has 2 heterocycles. The number of nitrogens with one attached hydrogen (secondary N) is 1. The van der Waals surface area contributed by atoms with Gasteiger partial charge in [-0.05, 0) is 36.6 Å². The van der Waals surface area contributed by atoms with E-state index in [4.69, 9.17) is 0 Å². The van der Waals surface area contributed by atoms with Gasteiger partial charge in [-0.2, -0.15) is 0 Å². The predicted molar refractivity (Wildman–Crippen MR) is 141 cm³/mol. The highest BCUT2D eigenvalue weighted by Gasteiger charge is 2.43. The molecule has 0 aliphatic carbocycles. The summed E-state index contributed by atoms with van der Waals surface area (Å²) in [4.78, 5) is 65.5. The first-order valence-corrected chi connectivity index (χ1v) is 13.2. The molecule has 2 aromatic carbocycles. The summed E-state index contributed by atoms with van der Waals surface area (Å²) in [6.45, 7) is 2.55. The van der Waals surface area contributed by atoms with Crippen LogP contribution in [0, 0.1) is 10.1 Å². The van der Waals surface area contributed by atoms with Crippen LogP contribution in [0.1, 0.15) is 71.7 Å². The number of likely N-dealkylation sites (tertiary alicyclic amines) is 1. The number of nitrogens with zero attached hydrogens (tertiary/aromatic N) is 3. The van der Waals surface area contributed by atoms with E-state index in [9.17, 15) is 34.4 Å². The molecule has 2 atom stereocenters. The van der Waals surface area contributed by atoms with Crippen LogP contribution in [-0.2, 0) is 16.0 Å². The molecule has 206 valence electrons. The van der Waals surface area contributed by atoms with E-state index in [0.717, 1.165) is 49.1 Å². The number of hydrogen-bond donors (Lipinski definition) is 2. The average molecular weight is 537 g/mol. The normalized spacial score (nSPS) is 17.5. The second-order valence-corrected chi connectivity index (χ2v) is 9.89. The first kappa shape index (κ1) is 27.7. The maximum absolute atomic E-state index is 13.5. The van der Waals surface area contributed by atoms with Crippen molar-refractivity contribution in [2.75, 3.05) is 13.1 Å². The first-order valence-electron chi connectivity index (χ1n) is 13.2. The molecule has 0 radical (unpaired) electrons. The lowest BCUT2D eigenvalue weighted by Gasteiger charge is -2.27. The molecule has 2 N–H and O–H groups in total. The zero-order valence-corrected chi connectivity index (χ0v) is 21.8. The third-order valence-corrected chi connectivity index (χ3v) is 7.35. The molecule has 2 aliphatic rings. The summed E-state index contributed by atoms with van der Waals surface area (Å²) in [5.41, 5.74) is 0.0988. The number of amides is 4. The molecule has 11 heteroatoms. The summed E-state index contributed by atoms with van der Waals surface area (Å²) in [6, 6.07) is 8.76. The number of unbranched alkanes of at least 4 members (excludes halogenated alkanes) is 2. The van der Waals surface area contributed by atoms with Gasteiger partial charge in [-0.15, -0.1) is 0 Å². The van der Waals surface area contributed by atoms with E-state index in [-0.39, 0.29) is 36.0 Å². The quantitative estimate of drug-likeness (QED) is 0.183. The summed E-state index contributed by atoms with van der Waals surface area (Å²) in [7, 11) is 0. The molecule has 4 rings (SSSR count). The Hall–Kier alpha value is -4.28. The second kappa shape index (κ2) is 12.1. The second-order valence-electron chi connectivity index (χ2n) is 9.89. The molecule has 0 saturated carbocycles. The minimum atomic E-state index is -1.30. The number of rotatable bonds is 12. The van der Waals surface area contributed by atoms with Crippen molar-refractivity contribution in [2.45, 2.75) is 64.0 Å². The zero-order chi connectivity index (χ0) is 28.1. The smallest absolute Gasteiger partial charge is 0.310 e. The monoisotopic (exact) mass is 536 g/mol. The van der Waals surface area contributed by atoms with Crippen molar-refractivity contribution >= 4 is 29.3 Å². The molecule has 1 fully saturated rings. The predicted octanol–water partition coefficient (Wildman–Crippen LogP) is 3.20. The van der Waals surface area contributed by atoms with Gasteiger partial charge in [0.2, 0.25) is 11.8 Å². The number of benzene rings is 2. The summed E-state index contributed by atoms with van der Waals surface area (Å²) in [5, 5.41) is 23.9. The van der Waals surface area contributed by atoms with Crippen LogP contribution in [0.3, 0.4) is 0 Å². The molecule has 39 heavy (non-hydrogen) atoms. The van der Waals surface area contributed by atoms with Gasteiger partial charge in [0, 0.05) is 38.0 Å². The number of fused-ring (bicyclic) bond motifs is 1. The summed E-state index contributed by atoms with van der Waals surface area (Å²) in [5.74, 6) is -2.37. The average Bonchev–Trinajstić information content (AvgIpc) is 3.39. The molecule has 1 saturated heterocycles. The number of carbonyl (C=O) groups is 4. The van der Waals surface area contributed by atoms with E-state index in [1.54, 1.807) is 17.0 Å². The zero-order valence-electron chi connectivity index (χ0n) is 21.8. The maximum Gasteiger partial charge on any atom is 0.310 e. The number of nitro groups is 1. The van der Waals surface area contributed by atoms with E-state index in [0.29, 0.717) is 18.5 Å². The molecule has 2 aromatic rings. The van der Waals surface area contributed by atoms with E-state index in [2.05, 4.69) is 12.2 Å². The Kier molecular flexibility index (Phi) is 8.58. The molecular formula is C28H32N4O7. The molecule has 0 aromatic heterocycles.